The van der Waals surface area contributed by atoms with Crippen LogP contribution in [0.1, 0.15) is 11.1 Å². The van der Waals surface area contributed by atoms with Gasteiger partial charge in [-0.15, -0.1) is 16.7 Å². The van der Waals surface area contributed by atoms with Gasteiger partial charge in [0, 0.05) is 12.1 Å². The Morgan fingerprint density at radius 1 is 0.850 bits per heavy atom. The first kappa shape index (κ1) is 14.3. The minimum absolute atomic E-state index is 0.612. The Bertz CT molecular complexity index is 580. The summed E-state index contributed by atoms with van der Waals surface area (Å²) in [6, 6.07) is 20.2. The highest BCUT2D eigenvalue weighted by Gasteiger charge is 1.92. The summed E-state index contributed by atoms with van der Waals surface area (Å²) in [6.07, 6.45) is 3.54. The number of aromatic nitrogens is 3. The maximum atomic E-state index is 5.53. The van der Waals surface area contributed by atoms with Crippen molar-refractivity contribution in [3.8, 4) is 0 Å². The van der Waals surface area contributed by atoms with Gasteiger partial charge in [-0.05, 0) is 11.1 Å². The predicted octanol–water partition coefficient (Wildman–Crippen LogP) is 3.75. The second-order valence-electron chi connectivity index (χ2n) is 4.21. The average molecular weight is 286 g/mol. The standard InChI is InChI=1S/C9H9N3.C7H7Cl/c1-2-4-9(5-3-1)8-12-7-6-10-11-12;8-6-7-4-2-1-3-5-7/h1-7H,8H2;1-5H,6H2. The Labute approximate surface area is 123 Å². The number of benzene rings is 2. The van der Waals surface area contributed by atoms with Gasteiger partial charge in [0.1, 0.15) is 0 Å². The molecule has 0 aliphatic carbocycles. The molecule has 0 N–H and O–H groups in total. The average Bonchev–Trinajstić information content (AvgIpc) is 3.03. The SMILES string of the molecule is ClCc1ccccc1.c1ccc(Cn2ccnn2)cc1. The second-order valence-corrected chi connectivity index (χ2v) is 4.47. The van der Waals surface area contributed by atoms with Gasteiger partial charge in [-0.3, -0.25) is 0 Å². The zero-order chi connectivity index (χ0) is 14.0. The minimum Gasteiger partial charge on any atom is -0.248 e. The van der Waals surface area contributed by atoms with Gasteiger partial charge in [-0.2, -0.15) is 0 Å². The van der Waals surface area contributed by atoms with Gasteiger partial charge in [-0.25, -0.2) is 4.68 Å². The van der Waals surface area contributed by atoms with E-state index in [0.29, 0.717) is 5.88 Å². The molecule has 0 radical (unpaired) electrons. The molecule has 0 saturated carbocycles. The molecular weight excluding hydrogens is 270 g/mol. The largest absolute Gasteiger partial charge is 0.248 e. The minimum atomic E-state index is 0.612. The highest BCUT2D eigenvalue weighted by Crippen LogP contribution is 2.00. The normalized spacial score (nSPS) is 9.65. The van der Waals surface area contributed by atoms with Crippen LogP contribution in [0.15, 0.2) is 73.1 Å². The van der Waals surface area contributed by atoms with Crippen LogP contribution in [0.25, 0.3) is 0 Å². The molecule has 4 heteroatoms. The van der Waals surface area contributed by atoms with Crippen LogP contribution >= 0.6 is 11.6 Å². The van der Waals surface area contributed by atoms with Crippen LogP contribution in [0.4, 0.5) is 0 Å². The molecule has 0 unspecified atom stereocenters. The van der Waals surface area contributed by atoms with Crippen LogP contribution in [0.5, 0.6) is 0 Å². The first-order valence-corrected chi connectivity index (χ1v) is 6.90. The molecule has 2 aromatic carbocycles. The second kappa shape index (κ2) is 8.12. The molecule has 1 aromatic heterocycles. The van der Waals surface area contributed by atoms with Crippen molar-refractivity contribution in [2.45, 2.75) is 12.4 Å². The Morgan fingerprint density at radius 3 is 1.90 bits per heavy atom. The number of hydrogen-bond acceptors (Lipinski definition) is 2. The first-order valence-electron chi connectivity index (χ1n) is 6.36. The number of halogens is 1. The molecule has 0 aliphatic heterocycles. The fourth-order valence-electron chi connectivity index (χ4n) is 1.65. The van der Waals surface area contributed by atoms with Crippen molar-refractivity contribution in [1.29, 1.82) is 0 Å². The molecule has 1 heterocycles. The summed E-state index contributed by atoms with van der Waals surface area (Å²) in [5.74, 6) is 0.612. The van der Waals surface area contributed by atoms with Crippen LogP contribution < -0.4 is 0 Å². The van der Waals surface area contributed by atoms with Gasteiger partial charge in [-0.1, -0.05) is 65.9 Å². The molecule has 0 fully saturated rings. The Morgan fingerprint density at radius 2 is 1.45 bits per heavy atom. The predicted molar refractivity (Wildman–Crippen MR) is 81.6 cm³/mol. The summed E-state index contributed by atoms with van der Waals surface area (Å²) in [5.41, 5.74) is 2.41. The Kier molecular flexibility index (Phi) is 5.80. The molecule has 3 aromatic rings. The van der Waals surface area contributed by atoms with Crippen molar-refractivity contribution in [2.75, 3.05) is 0 Å². The maximum Gasteiger partial charge on any atom is 0.0693 e. The van der Waals surface area contributed by atoms with E-state index in [-0.39, 0.29) is 0 Å². The molecule has 0 amide bonds. The van der Waals surface area contributed by atoms with Crippen molar-refractivity contribution in [3.05, 3.63) is 84.2 Å². The third kappa shape index (κ3) is 4.86. The van der Waals surface area contributed by atoms with Crippen LogP contribution in [-0.4, -0.2) is 15.0 Å². The van der Waals surface area contributed by atoms with Crippen molar-refractivity contribution >= 4 is 11.6 Å². The summed E-state index contributed by atoms with van der Waals surface area (Å²) in [6.45, 7) is 0.792. The van der Waals surface area contributed by atoms with Crippen molar-refractivity contribution in [3.63, 3.8) is 0 Å². The number of nitrogens with zero attached hydrogens (tertiary/aromatic N) is 3. The van der Waals surface area contributed by atoms with Gasteiger partial charge < -0.3 is 0 Å². The molecule has 20 heavy (non-hydrogen) atoms. The van der Waals surface area contributed by atoms with Crippen LogP contribution in [0, 0.1) is 0 Å². The lowest BCUT2D eigenvalue weighted by molar-refractivity contribution is 0.649. The van der Waals surface area contributed by atoms with Crippen molar-refractivity contribution in [1.82, 2.24) is 15.0 Å². The topological polar surface area (TPSA) is 30.7 Å². The number of rotatable bonds is 3. The van der Waals surface area contributed by atoms with Gasteiger partial charge in [0.25, 0.3) is 0 Å². The van der Waals surface area contributed by atoms with Crippen molar-refractivity contribution in [2.24, 2.45) is 0 Å². The van der Waals surface area contributed by atoms with Crippen LogP contribution in [-0.2, 0) is 12.4 Å². The molecule has 102 valence electrons. The zero-order valence-electron chi connectivity index (χ0n) is 11.1. The van der Waals surface area contributed by atoms with E-state index in [2.05, 4.69) is 22.4 Å². The third-order valence-corrected chi connectivity index (χ3v) is 2.97. The molecule has 0 saturated heterocycles. The summed E-state index contributed by atoms with van der Waals surface area (Å²) in [5, 5.41) is 7.61. The van der Waals surface area contributed by atoms with E-state index in [4.69, 9.17) is 11.6 Å². The molecule has 3 rings (SSSR count). The van der Waals surface area contributed by atoms with E-state index in [1.165, 1.54) is 11.1 Å². The zero-order valence-corrected chi connectivity index (χ0v) is 11.8. The van der Waals surface area contributed by atoms with E-state index in [9.17, 15) is 0 Å². The smallest absolute Gasteiger partial charge is 0.0693 e. The monoisotopic (exact) mass is 285 g/mol. The van der Waals surface area contributed by atoms with E-state index in [1.807, 2.05) is 54.7 Å². The van der Waals surface area contributed by atoms with E-state index < -0.39 is 0 Å². The van der Waals surface area contributed by atoms with Gasteiger partial charge >= 0.3 is 0 Å². The summed E-state index contributed by atoms with van der Waals surface area (Å²) in [4.78, 5) is 0. The lowest BCUT2D eigenvalue weighted by Gasteiger charge is -1.98. The van der Waals surface area contributed by atoms with Crippen molar-refractivity contribution < 1.29 is 0 Å². The molecular formula is C16H16ClN3. The highest BCUT2D eigenvalue weighted by molar-refractivity contribution is 6.17. The number of alkyl halides is 1. The molecule has 0 bridgehead atoms. The third-order valence-electron chi connectivity index (χ3n) is 2.66. The van der Waals surface area contributed by atoms with E-state index >= 15 is 0 Å². The molecule has 3 nitrogen and oxygen atoms in total. The molecule has 0 spiro atoms. The van der Waals surface area contributed by atoms with Crippen LogP contribution in [0.3, 0.4) is 0 Å². The molecule has 0 atom stereocenters. The number of hydrogen-bond donors (Lipinski definition) is 0. The Balaban J connectivity index is 0.000000160. The Hall–Kier alpha value is -2.13. The van der Waals surface area contributed by atoms with Gasteiger partial charge in [0.05, 0.1) is 12.7 Å². The lowest BCUT2D eigenvalue weighted by atomic mass is 10.2. The van der Waals surface area contributed by atoms with Gasteiger partial charge in [0.2, 0.25) is 0 Å². The lowest BCUT2D eigenvalue weighted by Crippen LogP contribution is -1.99. The van der Waals surface area contributed by atoms with E-state index in [0.717, 1.165) is 6.54 Å². The summed E-state index contributed by atoms with van der Waals surface area (Å²) >= 11 is 5.53. The maximum absolute atomic E-state index is 5.53. The fraction of sp³-hybridized carbons (Fsp3) is 0.125. The summed E-state index contributed by atoms with van der Waals surface area (Å²) in [7, 11) is 0. The fourth-order valence-corrected chi connectivity index (χ4v) is 1.83. The highest BCUT2D eigenvalue weighted by atomic mass is 35.5. The van der Waals surface area contributed by atoms with E-state index in [1.54, 1.807) is 10.9 Å². The quantitative estimate of drug-likeness (QED) is 0.686. The summed E-state index contributed by atoms with van der Waals surface area (Å²) < 4.78 is 1.80. The van der Waals surface area contributed by atoms with Gasteiger partial charge in [0.15, 0.2) is 0 Å². The first-order chi connectivity index (χ1) is 9.88. The molecule has 0 aliphatic rings. The van der Waals surface area contributed by atoms with Crippen LogP contribution in [0.2, 0.25) is 0 Å².